The number of aliphatic imine (C=N–C) groups is 1. The maximum absolute atomic E-state index is 10.9. The topological polar surface area (TPSA) is 75.7 Å². The van der Waals surface area contributed by atoms with Crippen molar-refractivity contribution in [1.82, 2.24) is 0 Å². The first-order valence-corrected chi connectivity index (χ1v) is 7.25. The van der Waals surface area contributed by atoms with Gasteiger partial charge in [-0.15, -0.1) is 0 Å². The second kappa shape index (κ2) is 5.77. The lowest BCUT2D eigenvalue weighted by Crippen LogP contribution is -1.92. The average molecular weight is 317 g/mol. The third-order valence-electron chi connectivity index (χ3n) is 3.72. The summed E-state index contributed by atoms with van der Waals surface area (Å²) in [5, 5.41) is 21.0. The highest BCUT2D eigenvalue weighted by Crippen LogP contribution is 2.33. The van der Waals surface area contributed by atoms with Crippen molar-refractivity contribution in [3.63, 3.8) is 0 Å². The van der Waals surface area contributed by atoms with Crippen molar-refractivity contribution >= 4 is 29.2 Å². The van der Waals surface area contributed by atoms with Crippen LogP contribution in [0, 0.1) is 10.1 Å². The molecule has 1 aliphatic carbocycles. The quantitative estimate of drug-likeness (QED) is 0.524. The van der Waals surface area contributed by atoms with E-state index in [9.17, 15) is 15.2 Å². The lowest BCUT2D eigenvalue weighted by molar-refractivity contribution is -0.385. The molecule has 0 heterocycles. The van der Waals surface area contributed by atoms with Gasteiger partial charge in [0, 0.05) is 22.9 Å². The number of fused-ring (bicyclic) bond motifs is 1. The predicted molar refractivity (Wildman–Crippen MR) is 85.5 cm³/mol. The molecule has 2 aromatic carbocycles. The van der Waals surface area contributed by atoms with Crippen molar-refractivity contribution < 1.29 is 10.0 Å². The lowest BCUT2D eigenvalue weighted by Gasteiger charge is -2.02. The number of nitrogens with zero attached hydrogens (tertiary/aromatic N) is 2. The number of nitro groups is 1. The number of aromatic hydroxyl groups is 1. The molecule has 0 amide bonds. The molecular formula is C16H13ClN2O3. The predicted octanol–water partition coefficient (Wildman–Crippen LogP) is 4.19. The zero-order chi connectivity index (χ0) is 15.7. The van der Waals surface area contributed by atoms with Gasteiger partial charge in [0.05, 0.1) is 10.6 Å². The molecule has 6 heteroatoms. The van der Waals surface area contributed by atoms with Crippen molar-refractivity contribution in [2.45, 2.75) is 19.3 Å². The summed E-state index contributed by atoms with van der Waals surface area (Å²) in [6, 6.07) is 8.52. The fraction of sp³-hybridized carbons (Fsp3) is 0.188. The van der Waals surface area contributed by atoms with E-state index in [0.717, 1.165) is 31.0 Å². The molecule has 0 aromatic heterocycles. The van der Waals surface area contributed by atoms with Crippen molar-refractivity contribution in [2.75, 3.05) is 0 Å². The molecule has 0 unspecified atom stereocenters. The smallest absolute Gasteiger partial charge is 0.312 e. The second-order valence-electron chi connectivity index (χ2n) is 5.18. The van der Waals surface area contributed by atoms with E-state index in [1.165, 1.54) is 23.4 Å². The first-order chi connectivity index (χ1) is 10.5. The van der Waals surface area contributed by atoms with Crippen molar-refractivity contribution in [3.05, 3.63) is 62.2 Å². The van der Waals surface area contributed by atoms with Crippen LogP contribution < -0.4 is 0 Å². The molecule has 1 N–H and O–H groups in total. The number of hydrogen-bond donors (Lipinski definition) is 1. The summed E-state index contributed by atoms with van der Waals surface area (Å²) in [6.07, 6.45) is 4.70. The van der Waals surface area contributed by atoms with E-state index >= 15 is 0 Å². The van der Waals surface area contributed by atoms with Gasteiger partial charge in [0.25, 0.3) is 0 Å². The monoisotopic (exact) mass is 316 g/mol. The molecule has 0 bridgehead atoms. The maximum atomic E-state index is 10.9. The minimum absolute atomic E-state index is 0.180. The van der Waals surface area contributed by atoms with E-state index in [2.05, 4.69) is 11.1 Å². The molecule has 1 aliphatic rings. The van der Waals surface area contributed by atoms with Crippen LogP contribution in [0.15, 0.2) is 35.3 Å². The Morgan fingerprint density at radius 2 is 2.00 bits per heavy atom. The van der Waals surface area contributed by atoms with Gasteiger partial charge in [0.15, 0.2) is 0 Å². The average Bonchev–Trinajstić information content (AvgIpc) is 2.95. The lowest BCUT2D eigenvalue weighted by atomic mass is 10.1. The Kier molecular flexibility index (Phi) is 3.81. The van der Waals surface area contributed by atoms with Crippen LogP contribution in [0.5, 0.6) is 5.75 Å². The molecular weight excluding hydrogens is 304 g/mol. The van der Waals surface area contributed by atoms with Crippen LogP contribution in [0.25, 0.3) is 0 Å². The maximum Gasteiger partial charge on any atom is 0.312 e. The molecule has 112 valence electrons. The molecule has 2 aromatic rings. The van der Waals surface area contributed by atoms with Gasteiger partial charge in [0.1, 0.15) is 0 Å². The fourth-order valence-corrected chi connectivity index (χ4v) is 2.85. The van der Waals surface area contributed by atoms with Crippen molar-refractivity contribution in [1.29, 1.82) is 0 Å². The number of phenolic OH excluding ortho intramolecular Hbond substituents is 1. The highest BCUT2D eigenvalue weighted by molar-refractivity contribution is 6.31. The first kappa shape index (κ1) is 14.5. The highest BCUT2D eigenvalue weighted by atomic mass is 35.5. The Hall–Kier alpha value is -2.40. The van der Waals surface area contributed by atoms with Crippen LogP contribution in [-0.4, -0.2) is 16.2 Å². The fourth-order valence-electron chi connectivity index (χ4n) is 2.63. The van der Waals surface area contributed by atoms with Gasteiger partial charge in [-0.2, -0.15) is 0 Å². The van der Waals surface area contributed by atoms with Gasteiger partial charge in [-0.25, -0.2) is 0 Å². The largest absolute Gasteiger partial charge is 0.502 e. The summed E-state index contributed by atoms with van der Waals surface area (Å²) in [7, 11) is 0. The summed E-state index contributed by atoms with van der Waals surface area (Å²) < 4.78 is 0. The summed E-state index contributed by atoms with van der Waals surface area (Å²) in [4.78, 5) is 14.5. The van der Waals surface area contributed by atoms with Gasteiger partial charge in [-0.05, 0) is 48.6 Å². The van der Waals surface area contributed by atoms with Crippen LogP contribution >= 0.6 is 11.6 Å². The summed E-state index contributed by atoms with van der Waals surface area (Å²) in [5.74, 6) is -0.431. The number of rotatable bonds is 3. The number of nitro benzene ring substituents is 1. The molecule has 5 nitrogen and oxygen atoms in total. The minimum Gasteiger partial charge on any atom is -0.502 e. The summed E-state index contributed by atoms with van der Waals surface area (Å²) in [6.45, 7) is 0. The van der Waals surface area contributed by atoms with Gasteiger partial charge < -0.3 is 5.11 Å². The van der Waals surface area contributed by atoms with Crippen LogP contribution in [-0.2, 0) is 12.8 Å². The Morgan fingerprint density at radius 1 is 1.23 bits per heavy atom. The van der Waals surface area contributed by atoms with Crippen LogP contribution in [0.4, 0.5) is 11.4 Å². The standard InChI is InChI=1S/C16H13ClN2O3/c17-13-6-12(16(20)15(8-13)19(21)22)9-18-14-5-4-10-2-1-3-11(10)7-14/h4-9,20H,1-3H2. The molecule has 22 heavy (non-hydrogen) atoms. The zero-order valence-electron chi connectivity index (χ0n) is 11.6. The molecule has 3 rings (SSSR count). The molecule has 0 spiro atoms. The van der Waals surface area contributed by atoms with Gasteiger partial charge in [-0.3, -0.25) is 15.1 Å². The van der Waals surface area contributed by atoms with E-state index in [4.69, 9.17) is 11.6 Å². The molecule has 0 fully saturated rings. The van der Waals surface area contributed by atoms with Crippen LogP contribution in [0.2, 0.25) is 5.02 Å². The summed E-state index contributed by atoms with van der Waals surface area (Å²) >= 11 is 5.85. The van der Waals surface area contributed by atoms with E-state index in [0.29, 0.717) is 0 Å². The van der Waals surface area contributed by atoms with Crippen LogP contribution in [0.3, 0.4) is 0 Å². The highest BCUT2D eigenvalue weighted by Gasteiger charge is 2.17. The first-order valence-electron chi connectivity index (χ1n) is 6.87. The third kappa shape index (κ3) is 2.80. The zero-order valence-corrected chi connectivity index (χ0v) is 12.4. The minimum atomic E-state index is -0.673. The van der Waals surface area contributed by atoms with E-state index in [-0.39, 0.29) is 10.6 Å². The number of halogens is 1. The molecule has 0 radical (unpaired) electrons. The molecule has 0 atom stereocenters. The van der Waals surface area contributed by atoms with E-state index < -0.39 is 16.4 Å². The van der Waals surface area contributed by atoms with E-state index in [1.807, 2.05) is 12.1 Å². The number of aryl methyl sites for hydroxylation is 2. The molecule has 0 saturated carbocycles. The Bertz CT molecular complexity index is 787. The van der Waals surface area contributed by atoms with Crippen molar-refractivity contribution in [3.8, 4) is 5.75 Å². The Labute approximate surface area is 132 Å². The van der Waals surface area contributed by atoms with Crippen molar-refractivity contribution in [2.24, 2.45) is 4.99 Å². The number of benzene rings is 2. The van der Waals surface area contributed by atoms with Gasteiger partial charge >= 0.3 is 5.69 Å². The SMILES string of the molecule is O=[N+]([O-])c1cc(Cl)cc(C=Nc2ccc3c(c2)CCC3)c1O. The van der Waals surface area contributed by atoms with E-state index in [1.54, 1.807) is 0 Å². The molecule has 0 aliphatic heterocycles. The number of hydrogen-bond acceptors (Lipinski definition) is 4. The number of phenols is 1. The molecule has 0 saturated heterocycles. The Balaban J connectivity index is 1.94. The normalized spacial score (nSPS) is 13.5. The van der Waals surface area contributed by atoms with Gasteiger partial charge in [-0.1, -0.05) is 17.7 Å². The second-order valence-corrected chi connectivity index (χ2v) is 5.62. The van der Waals surface area contributed by atoms with Gasteiger partial charge in [0.2, 0.25) is 5.75 Å². The third-order valence-corrected chi connectivity index (χ3v) is 3.93. The van der Waals surface area contributed by atoms with Crippen LogP contribution in [0.1, 0.15) is 23.1 Å². The summed E-state index contributed by atoms with van der Waals surface area (Å²) in [5.41, 5.74) is 3.18. The Morgan fingerprint density at radius 3 is 2.77 bits per heavy atom.